The first-order valence-electron chi connectivity index (χ1n) is 8.58. The van der Waals surface area contributed by atoms with Gasteiger partial charge in [-0.1, -0.05) is 6.92 Å². The Kier molecular flexibility index (Phi) is 5.50. The lowest BCUT2D eigenvalue weighted by Gasteiger charge is -2.27. The van der Waals surface area contributed by atoms with Crippen LogP contribution in [0.15, 0.2) is 27.2 Å². The third-order valence-electron chi connectivity index (χ3n) is 4.56. The molecule has 1 N–H and O–H groups in total. The van der Waals surface area contributed by atoms with Gasteiger partial charge < -0.3 is 18.8 Å². The standard InChI is InChI=1S/C17H24N4O4/c1-3-20(11-16-19-18-12(2)25-16)14-9-21(10-15(14)22)17(23)7-6-13-5-4-8-24-13/h4-5,8,14-15,22H,3,6-7,9-11H2,1-2H3/t14?,15-/m1/s1. The Morgan fingerprint density at radius 2 is 2.28 bits per heavy atom. The summed E-state index contributed by atoms with van der Waals surface area (Å²) in [5.41, 5.74) is 0. The normalized spacial score (nSPS) is 20.6. The highest BCUT2D eigenvalue weighted by Gasteiger charge is 2.37. The summed E-state index contributed by atoms with van der Waals surface area (Å²) < 4.78 is 10.7. The van der Waals surface area contributed by atoms with Crippen molar-refractivity contribution in [2.75, 3.05) is 19.6 Å². The van der Waals surface area contributed by atoms with E-state index < -0.39 is 6.10 Å². The van der Waals surface area contributed by atoms with Gasteiger partial charge in [0.2, 0.25) is 17.7 Å². The molecule has 8 heteroatoms. The van der Waals surface area contributed by atoms with Gasteiger partial charge in [-0.15, -0.1) is 10.2 Å². The number of carbonyl (C=O) groups is 1. The van der Waals surface area contributed by atoms with Crippen LogP contribution in [0, 0.1) is 6.92 Å². The van der Waals surface area contributed by atoms with Crippen LogP contribution in [0.5, 0.6) is 0 Å². The van der Waals surface area contributed by atoms with Gasteiger partial charge in [-0.2, -0.15) is 0 Å². The van der Waals surface area contributed by atoms with E-state index in [9.17, 15) is 9.90 Å². The zero-order valence-electron chi connectivity index (χ0n) is 14.6. The van der Waals surface area contributed by atoms with Gasteiger partial charge in [0, 0.05) is 32.9 Å². The van der Waals surface area contributed by atoms with Crippen LogP contribution in [0.25, 0.3) is 0 Å². The molecule has 136 valence electrons. The summed E-state index contributed by atoms with van der Waals surface area (Å²) in [7, 11) is 0. The van der Waals surface area contributed by atoms with Gasteiger partial charge in [0.25, 0.3) is 0 Å². The summed E-state index contributed by atoms with van der Waals surface area (Å²) in [6.07, 6.45) is 1.97. The lowest BCUT2D eigenvalue weighted by molar-refractivity contribution is -0.130. The van der Waals surface area contributed by atoms with Crippen LogP contribution in [0.1, 0.15) is 30.9 Å². The fraction of sp³-hybridized carbons (Fsp3) is 0.588. The van der Waals surface area contributed by atoms with Crippen LogP contribution in [0.2, 0.25) is 0 Å². The molecule has 2 atom stereocenters. The van der Waals surface area contributed by atoms with E-state index in [0.29, 0.717) is 44.3 Å². The molecule has 0 aromatic carbocycles. The first-order valence-corrected chi connectivity index (χ1v) is 8.58. The number of β-amino-alcohol motifs (C(OH)–C–C–N with tert-alkyl or cyclic N) is 1. The molecule has 2 aromatic rings. The third-order valence-corrected chi connectivity index (χ3v) is 4.56. The van der Waals surface area contributed by atoms with Crippen LogP contribution in [0.4, 0.5) is 0 Å². The number of aliphatic hydroxyl groups is 1. The quantitative estimate of drug-likeness (QED) is 0.797. The minimum absolute atomic E-state index is 0.0302. The van der Waals surface area contributed by atoms with Gasteiger partial charge in [-0.25, -0.2) is 0 Å². The van der Waals surface area contributed by atoms with E-state index in [-0.39, 0.29) is 11.9 Å². The number of carbonyl (C=O) groups excluding carboxylic acids is 1. The summed E-state index contributed by atoms with van der Waals surface area (Å²) in [6, 6.07) is 3.54. The number of aliphatic hydroxyl groups excluding tert-OH is 1. The number of aryl methyl sites for hydroxylation is 2. The lowest BCUT2D eigenvalue weighted by Crippen LogP contribution is -2.43. The largest absolute Gasteiger partial charge is 0.469 e. The SMILES string of the molecule is CCN(Cc1nnc(C)o1)C1CN(C(=O)CCc2ccco2)C[C@H]1O. The molecular weight excluding hydrogens is 324 g/mol. The maximum atomic E-state index is 12.4. The molecule has 0 bridgehead atoms. The van der Waals surface area contributed by atoms with Crippen molar-refractivity contribution in [3.63, 3.8) is 0 Å². The topological polar surface area (TPSA) is 95.8 Å². The predicted molar refractivity (Wildman–Crippen MR) is 88.5 cm³/mol. The van der Waals surface area contributed by atoms with Gasteiger partial charge in [-0.05, 0) is 18.7 Å². The highest BCUT2D eigenvalue weighted by Crippen LogP contribution is 2.20. The van der Waals surface area contributed by atoms with Crippen molar-refractivity contribution in [1.29, 1.82) is 0 Å². The monoisotopic (exact) mass is 348 g/mol. The highest BCUT2D eigenvalue weighted by atomic mass is 16.4. The van der Waals surface area contributed by atoms with Gasteiger partial charge >= 0.3 is 0 Å². The van der Waals surface area contributed by atoms with Crippen LogP contribution >= 0.6 is 0 Å². The molecule has 3 heterocycles. The summed E-state index contributed by atoms with van der Waals surface area (Å²) in [5.74, 6) is 1.87. The highest BCUT2D eigenvalue weighted by molar-refractivity contribution is 5.76. The second-order valence-corrected chi connectivity index (χ2v) is 6.29. The summed E-state index contributed by atoms with van der Waals surface area (Å²) in [6.45, 7) is 5.79. The Morgan fingerprint density at radius 3 is 2.92 bits per heavy atom. The maximum absolute atomic E-state index is 12.4. The second-order valence-electron chi connectivity index (χ2n) is 6.29. The number of hydrogen-bond acceptors (Lipinski definition) is 7. The van der Waals surface area contributed by atoms with Crippen LogP contribution in [0.3, 0.4) is 0 Å². The van der Waals surface area contributed by atoms with Crippen molar-refractivity contribution in [2.24, 2.45) is 0 Å². The number of aromatic nitrogens is 2. The molecule has 1 unspecified atom stereocenters. The molecular formula is C17H24N4O4. The van der Waals surface area contributed by atoms with Crippen molar-refractivity contribution in [1.82, 2.24) is 20.0 Å². The zero-order chi connectivity index (χ0) is 17.8. The first kappa shape index (κ1) is 17.6. The Morgan fingerprint density at radius 1 is 1.44 bits per heavy atom. The molecule has 0 aliphatic carbocycles. The first-order chi connectivity index (χ1) is 12.1. The van der Waals surface area contributed by atoms with E-state index in [1.54, 1.807) is 18.1 Å². The Balaban J connectivity index is 1.56. The molecule has 1 aliphatic heterocycles. The average Bonchev–Trinajstić information content (AvgIpc) is 3.32. The summed E-state index contributed by atoms with van der Waals surface area (Å²) in [4.78, 5) is 16.2. The maximum Gasteiger partial charge on any atom is 0.230 e. The van der Waals surface area contributed by atoms with E-state index in [1.807, 2.05) is 19.1 Å². The smallest absolute Gasteiger partial charge is 0.230 e. The van der Waals surface area contributed by atoms with E-state index in [1.165, 1.54) is 0 Å². The second kappa shape index (κ2) is 7.79. The Labute approximate surface area is 146 Å². The summed E-state index contributed by atoms with van der Waals surface area (Å²) >= 11 is 0. The van der Waals surface area contributed by atoms with Crippen LogP contribution in [-0.4, -0.2) is 62.8 Å². The van der Waals surface area contributed by atoms with Gasteiger partial charge in [0.1, 0.15) is 5.76 Å². The van der Waals surface area contributed by atoms with E-state index in [4.69, 9.17) is 8.83 Å². The van der Waals surface area contributed by atoms with Crippen molar-refractivity contribution in [3.8, 4) is 0 Å². The zero-order valence-corrected chi connectivity index (χ0v) is 14.6. The number of rotatable bonds is 7. The van der Waals surface area contributed by atoms with Crippen molar-refractivity contribution in [3.05, 3.63) is 35.9 Å². The molecule has 3 rings (SSSR count). The van der Waals surface area contributed by atoms with Crippen molar-refractivity contribution < 1.29 is 18.7 Å². The minimum Gasteiger partial charge on any atom is -0.469 e. The third kappa shape index (κ3) is 4.26. The minimum atomic E-state index is -0.587. The molecule has 0 saturated carbocycles. The number of furan rings is 1. The number of likely N-dealkylation sites (N-methyl/N-ethyl adjacent to an activating group) is 1. The van der Waals surface area contributed by atoms with Gasteiger partial charge in [0.15, 0.2) is 0 Å². The molecule has 0 radical (unpaired) electrons. The molecule has 0 spiro atoms. The molecule has 1 aliphatic rings. The Hall–Kier alpha value is -2.19. The average molecular weight is 348 g/mol. The number of amides is 1. The predicted octanol–water partition coefficient (Wildman–Crippen LogP) is 0.997. The van der Waals surface area contributed by atoms with Gasteiger partial charge in [-0.3, -0.25) is 9.69 Å². The molecule has 1 fully saturated rings. The lowest BCUT2D eigenvalue weighted by atomic mass is 10.2. The van der Waals surface area contributed by atoms with Crippen LogP contribution < -0.4 is 0 Å². The molecule has 1 amide bonds. The van der Waals surface area contributed by atoms with Crippen molar-refractivity contribution >= 4 is 5.91 Å². The fourth-order valence-corrected chi connectivity index (χ4v) is 3.21. The molecule has 1 saturated heterocycles. The van der Waals surface area contributed by atoms with E-state index in [0.717, 1.165) is 12.3 Å². The molecule has 25 heavy (non-hydrogen) atoms. The molecule has 2 aromatic heterocycles. The number of nitrogens with zero attached hydrogens (tertiary/aromatic N) is 4. The number of hydrogen-bond donors (Lipinski definition) is 1. The Bertz CT molecular complexity index is 685. The van der Waals surface area contributed by atoms with Gasteiger partial charge in [0.05, 0.1) is 25.0 Å². The van der Waals surface area contributed by atoms with E-state index >= 15 is 0 Å². The molecule has 8 nitrogen and oxygen atoms in total. The fourth-order valence-electron chi connectivity index (χ4n) is 3.21. The van der Waals surface area contributed by atoms with Crippen LogP contribution in [-0.2, 0) is 17.8 Å². The van der Waals surface area contributed by atoms with E-state index in [2.05, 4.69) is 15.1 Å². The summed E-state index contributed by atoms with van der Waals surface area (Å²) in [5, 5.41) is 18.3. The van der Waals surface area contributed by atoms with Crippen molar-refractivity contribution in [2.45, 2.75) is 45.4 Å². The number of likely N-dealkylation sites (tertiary alicyclic amines) is 1.